The van der Waals surface area contributed by atoms with Gasteiger partial charge in [-0.25, -0.2) is 4.68 Å². The maximum absolute atomic E-state index is 12.9. The highest BCUT2D eigenvalue weighted by Gasteiger charge is 2.45. The second-order valence-corrected chi connectivity index (χ2v) is 6.52. The summed E-state index contributed by atoms with van der Waals surface area (Å²) in [5.74, 6) is 0.0628. The van der Waals surface area contributed by atoms with Crippen LogP contribution in [0.15, 0.2) is 30.3 Å². The lowest BCUT2D eigenvalue weighted by atomic mass is 9.73. The fraction of sp³-hybridized carbons (Fsp3) is 0.444. The number of carbonyl (C=O) groups excluding carboxylic acids is 1. The first-order valence-electron chi connectivity index (χ1n) is 7.75. The van der Waals surface area contributed by atoms with Crippen molar-refractivity contribution in [2.24, 2.45) is 5.41 Å². The van der Waals surface area contributed by atoms with Crippen molar-refractivity contribution in [2.75, 3.05) is 6.61 Å². The van der Waals surface area contributed by atoms with Crippen LogP contribution in [0.25, 0.3) is 5.69 Å². The van der Waals surface area contributed by atoms with E-state index in [1.54, 1.807) is 0 Å². The number of para-hydroxylation sites is 1. The summed E-state index contributed by atoms with van der Waals surface area (Å²) >= 11 is 0. The lowest BCUT2D eigenvalue weighted by molar-refractivity contribution is -0.0111. The maximum Gasteiger partial charge on any atom is 0.195 e. The van der Waals surface area contributed by atoms with Gasteiger partial charge in [0.05, 0.1) is 22.6 Å². The Bertz CT molecular complexity index is 701. The van der Waals surface area contributed by atoms with Crippen molar-refractivity contribution < 1.29 is 9.53 Å². The number of aryl methyl sites for hydroxylation is 1. The van der Waals surface area contributed by atoms with Gasteiger partial charge in [-0.05, 0) is 32.4 Å². The van der Waals surface area contributed by atoms with E-state index in [1.807, 2.05) is 48.9 Å². The van der Waals surface area contributed by atoms with Crippen LogP contribution in [0.5, 0.6) is 0 Å². The number of ether oxygens (including phenoxy) is 1. The molecule has 0 aliphatic heterocycles. The summed E-state index contributed by atoms with van der Waals surface area (Å²) in [5.41, 5.74) is 3.27. The summed E-state index contributed by atoms with van der Waals surface area (Å²) in [6, 6.07) is 9.97. The largest absolute Gasteiger partial charge is 0.370 e. The lowest BCUT2D eigenvalue weighted by Crippen LogP contribution is -2.45. The van der Waals surface area contributed by atoms with Crippen molar-refractivity contribution >= 4 is 5.78 Å². The number of carbonyl (C=O) groups is 1. The molecule has 1 aromatic heterocycles. The van der Waals surface area contributed by atoms with Crippen LogP contribution in [-0.2, 0) is 11.2 Å². The third-order valence-corrected chi connectivity index (χ3v) is 4.31. The van der Waals surface area contributed by atoms with E-state index < -0.39 is 6.10 Å². The number of aromatic nitrogens is 2. The first-order valence-corrected chi connectivity index (χ1v) is 7.75. The zero-order valence-corrected chi connectivity index (χ0v) is 13.6. The third kappa shape index (κ3) is 2.28. The van der Waals surface area contributed by atoms with Gasteiger partial charge in [0, 0.05) is 12.0 Å². The second kappa shape index (κ2) is 5.36. The van der Waals surface area contributed by atoms with Crippen LogP contribution in [0.2, 0.25) is 0 Å². The van der Waals surface area contributed by atoms with E-state index in [2.05, 4.69) is 18.9 Å². The molecule has 0 saturated heterocycles. The van der Waals surface area contributed by atoms with Gasteiger partial charge in [0.15, 0.2) is 5.78 Å². The van der Waals surface area contributed by atoms with Gasteiger partial charge in [0.2, 0.25) is 0 Å². The van der Waals surface area contributed by atoms with Gasteiger partial charge in [0.1, 0.15) is 6.10 Å². The minimum atomic E-state index is -0.392. The predicted octanol–water partition coefficient (Wildman–Crippen LogP) is 3.35. The first-order chi connectivity index (χ1) is 10.5. The monoisotopic (exact) mass is 298 g/mol. The third-order valence-electron chi connectivity index (χ3n) is 4.31. The van der Waals surface area contributed by atoms with E-state index in [4.69, 9.17) is 4.74 Å². The summed E-state index contributed by atoms with van der Waals surface area (Å²) in [6.07, 6.45) is 0.381. The van der Waals surface area contributed by atoms with E-state index in [0.29, 0.717) is 6.61 Å². The minimum absolute atomic E-state index is 0.0628. The molecule has 1 aliphatic rings. The Morgan fingerprint density at radius 3 is 2.64 bits per heavy atom. The lowest BCUT2D eigenvalue weighted by Gasteiger charge is -2.37. The summed E-state index contributed by atoms with van der Waals surface area (Å²) < 4.78 is 7.66. The molecule has 4 nitrogen and oxygen atoms in total. The van der Waals surface area contributed by atoms with Crippen molar-refractivity contribution in [3.05, 3.63) is 47.3 Å². The van der Waals surface area contributed by atoms with Gasteiger partial charge in [-0.15, -0.1) is 0 Å². The maximum atomic E-state index is 12.9. The summed E-state index contributed by atoms with van der Waals surface area (Å²) in [6.45, 7) is 8.55. The van der Waals surface area contributed by atoms with Crippen LogP contribution in [0.4, 0.5) is 0 Å². The molecule has 1 aromatic carbocycles. The topological polar surface area (TPSA) is 44.1 Å². The molecule has 0 saturated carbocycles. The highest BCUT2D eigenvalue weighted by atomic mass is 16.5. The molecule has 0 bridgehead atoms. The molecule has 0 amide bonds. The molecule has 0 N–H and O–H groups in total. The molecule has 0 radical (unpaired) electrons. The Labute approximate surface area is 131 Å². The van der Waals surface area contributed by atoms with E-state index >= 15 is 0 Å². The van der Waals surface area contributed by atoms with Crippen molar-refractivity contribution in [1.29, 1.82) is 0 Å². The number of hydrogen-bond donors (Lipinski definition) is 0. The van der Waals surface area contributed by atoms with Crippen LogP contribution in [0, 0.1) is 12.3 Å². The van der Waals surface area contributed by atoms with Crippen LogP contribution >= 0.6 is 0 Å². The second-order valence-electron chi connectivity index (χ2n) is 6.52. The number of nitrogens with zero attached hydrogens (tertiary/aromatic N) is 2. The number of rotatable bonds is 3. The molecule has 3 rings (SSSR count). The molecule has 1 aliphatic carbocycles. The Morgan fingerprint density at radius 2 is 2.00 bits per heavy atom. The zero-order chi connectivity index (χ0) is 15.9. The summed E-state index contributed by atoms with van der Waals surface area (Å²) in [7, 11) is 0. The molecular formula is C18H22N2O2. The fourth-order valence-corrected chi connectivity index (χ4v) is 3.32. The highest BCUT2D eigenvalue weighted by Crippen LogP contribution is 2.38. The smallest absolute Gasteiger partial charge is 0.195 e. The SMILES string of the molecule is CCOC1C(=O)c2c(C)nn(-c3ccccc3)c2CC1(C)C. The number of hydrogen-bond acceptors (Lipinski definition) is 3. The van der Waals surface area contributed by atoms with Crippen LogP contribution in [-0.4, -0.2) is 28.3 Å². The number of fused-ring (bicyclic) bond motifs is 1. The van der Waals surface area contributed by atoms with Crippen LogP contribution < -0.4 is 0 Å². The van der Waals surface area contributed by atoms with E-state index in [1.165, 1.54) is 0 Å². The van der Waals surface area contributed by atoms with Gasteiger partial charge in [-0.3, -0.25) is 4.79 Å². The fourth-order valence-electron chi connectivity index (χ4n) is 3.32. The van der Waals surface area contributed by atoms with Gasteiger partial charge < -0.3 is 4.74 Å². The predicted molar refractivity (Wildman–Crippen MR) is 85.5 cm³/mol. The molecule has 0 fully saturated rings. The summed E-state index contributed by atoms with van der Waals surface area (Å²) in [5, 5.41) is 4.61. The highest BCUT2D eigenvalue weighted by molar-refractivity contribution is 6.03. The Morgan fingerprint density at radius 1 is 1.32 bits per heavy atom. The minimum Gasteiger partial charge on any atom is -0.370 e. The quantitative estimate of drug-likeness (QED) is 0.873. The Hall–Kier alpha value is -1.94. The van der Waals surface area contributed by atoms with Crippen molar-refractivity contribution in [3.8, 4) is 5.69 Å². The van der Waals surface area contributed by atoms with Crippen molar-refractivity contribution in [1.82, 2.24) is 9.78 Å². The van der Waals surface area contributed by atoms with Crippen LogP contribution in [0.1, 0.15) is 42.5 Å². The van der Waals surface area contributed by atoms with Gasteiger partial charge in [-0.1, -0.05) is 32.0 Å². The van der Waals surface area contributed by atoms with E-state index in [0.717, 1.165) is 29.1 Å². The van der Waals surface area contributed by atoms with Crippen molar-refractivity contribution in [3.63, 3.8) is 0 Å². The van der Waals surface area contributed by atoms with E-state index in [-0.39, 0.29) is 11.2 Å². The Balaban J connectivity index is 2.14. The first kappa shape index (κ1) is 15.0. The molecule has 116 valence electrons. The molecular weight excluding hydrogens is 276 g/mol. The molecule has 2 aromatic rings. The molecule has 1 heterocycles. The van der Waals surface area contributed by atoms with Gasteiger partial charge in [0.25, 0.3) is 0 Å². The normalized spacial score (nSPS) is 20.0. The van der Waals surface area contributed by atoms with Gasteiger partial charge >= 0.3 is 0 Å². The number of benzene rings is 1. The van der Waals surface area contributed by atoms with Gasteiger partial charge in [-0.2, -0.15) is 5.10 Å². The van der Waals surface area contributed by atoms with Crippen LogP contribution in [0.3, 0.4) is 0 Å². The molecule has 1 atom stereocenters. The molecule has 4 heteroatoms. The molecule has 22 heavy (non-hydrogen) atoms. The Kier molecular flexibility index (Phi) is 3.65. The number of Topliss-reactive ketones (excluding diaryl/α,β-unsaturated/α-hetero) is 1. The van der Waals surface area contributed by atoms with E-state index in [9.17, 15) is 4.79 Å². The average molecular weight is 298 g/mol. The molecule has 0 spiro atoms. The standard InChI is InChI=1S/C18H22N2O2/c1-5-22-17-16(21)15-12(2)19-20(13-9-7-6-8-10-13)14(15)11-18(17,3)4/h6-10,17H,5,11H2,1-4H3. The zero-order valence-electron chi connectivity index (χ0n) is 13.6. The van der Waals surface area contributed by atoms with Crippen molar-refractivity contribution in [2.45, 2.75) is 40.2 Å². The average Bonchev–Trinajstić information content (AvgIpc) is 2.80. The summed E-state index contributed by atoms with van der Waals surface area (Å²) in [4.78, 5) is 12.9. The molecule has 1 unspecified atom stereocenters. The number of ketones is 1.